The molecule has 12 nitrogen and oxygen atoms in total. The fourth-order valence-electron chi connectivity index (χ4n) is 3.62. The van der Waals surface area contributed by atoms with E-state index in [1.165, 1.54) is 32.8 Å². The van der Waals surface area contributed by atoms with E-state index in [2.05, 4.69) is 15.4 Å². The summed E-state index contributed by atoms with van der Waals surface area (Å²) in [6.07, 6.45) is -2.62. The lowest BCUT2D eigenvalue weighted by Crippen LogP contribution is -2.42. The van der Waals surface area contributed by atoms with Crippen LogP contribution in [0.5, 0.6) is 0 Å². The molecule has 0 radical (unpaired) electrons. The molecule has 1 aliphatic rings. The van der Waals surface area contributed by atoms with Gasteiger partial charge >= 0.3 is 11.7 Å². The van der Waals surface area contributed by atoms with Crippen LogP contribution >= 0.6 is 7.52 Å². The number of aliphatic hydroxyl groups excluding tert-OH is 1. The van der Waals surface area contributed by atoms with E-state index in [0.29, 0.717) is 6.42 Å². The molecule has 1 aliphatic heterocycles. The Kier molecular flexibility index (Phi) is 10.3. The first-order chi connectivity index (χ1) is 16.7. The van der Waals surface area contributed by atoms with Crippen molar-refractivity contribution in [3.05, 3.63) is 22.7 Å². The number of anilines is 1. The lowest BCUT2D eigenvalue weighted by molar-refractivity contribution is -0.149. The van der Waals surface area contributed by atoms with Crippen LogP contribution in [0.15, 0.2) is 17.1 Å². The van der Waals surface area contributed by atoms with Crippen LogP contribution in [0, 0.1) is 5.41 Å². The number of rotatable bonds is 12. The number of alkyl halides is 1. The van der Waals surface area contributed by atoms with Gasteiger partial charge in [0.15, 0.2) is 12.4 Å². The minimum absolute atomic E-state index is 0.0241. The smallest absolute Gasteiger partial charge is 0.351 e. The zero-order valence-electron chi connectivity index (χ0n) is 21.4. The van der Waals surface area contributed by atoms with Crippen LogP contribution in [0.25, 0.3) is 0 Å². The predicted octanol–water partition coefficient (Wildman–Crippen LogP) is 1.99. The summed E-state index contributed by atoms with van der Waals surface area (Å²) in [6.45, 7) is 8.29. The zero-order chi connectivity index (χ0) is 27.3. The molecule has 2 unspecified atom stereocenters. The van der Waals surface area contributed by atoms with Crippen LogP contribution in [-0.2, 0) is 28.2 Å². The molecule has 36 heavy (non-hydrogen) atoms. The molecule has 1 amide bonds. The number of amides is 1. The van der Waals surface area contributed by atoms with E-state index in [4.69, 9.17) is 14.0 Å². The average molecular weight is 535 g/mol. The molecule has 204 valence electrons. The molecular weight excluding hydrogens is 498 g/mol. The first-order valence-corrected chi connectivity index (χ1v) is 13.8. The van der Waals surface area contributed by atoms with Gasteiger partial charge in [-0.15, -0.1) is 0 Å². The van der Waals surface area contributed by atoms with Gasteiger partial charge in [-0.25, -0.2) is 14.3 Å². The number of carbonyl (C=O) groups excluding carboxylic acids is 2. The maximum Gasteiger partial charge on any atom is 0.351 e. The molecular formula is C22H36FN4O8P. The Morgan fingerprint density at radius 1 is 1.39 bits per heavy atom. The lowest BCUT2D eigenvalue weighted by Gasteiger charge is -2.30. The first kappa shape index (κ1) is 30.0. The molecule has 0 aromatic carbocycles. The summed E-state index contributed by atoms with van der Waals surface area (Å²) in [7, 11) is -3.57. The maximum absolute atomic E-state index is 15.5. The highest BCUT2D eigenvalue weighted by atomic mass is 31.2. The van der Waals surface area contributed by atoms with Crippen molar-refractivity contribution in [1.29, 1.82) is 0 Å². The third-order valence-corrected chi connectivity index (χ3v) is 7.21. The standard InChI is InChI=1S/C22H36FN4O8P/c1-7-8-17(29)24-16-9-10-27(21(31)25-16)19-18(23)22(5,12-28)15(35-19)11-33-36(6,32)26-14(4)20(30)34-13(2)3/h9-10,13-15,18-19,28H,7-8,11-12H2,1-6H3,(H,26,32)(H,24,25,29,31)/t14-,15+,18?,19+,22-,36?/m0/s1. The normalized spacial score (nSPS) is 26.4. The van der Waals surface area contributed by atoms with Gasteiger partial charge in [0.25, 0.3) is 7.52 Å². The Labute approximate surface area is 209 Å². The SMILES string of the molecule is CCCC(=O)Nc1ccn([C@@H]2O[C@H](COP(C)(=O)N[C@@H](C)C(=O)OC(C)C)[C@](C)(CO)C2F)c(=O)n1. The van der Waals surface area contributed by atoms with Crippen molar-refractivity contribution in [2.75, 3.05) is 25.2 Å². The van der Waals surface area contributed by atoms with Gasteiger partial charge in [-0.2, -0.15) is 4.98 Å². The molecule has 2 heterocycles. The monoisotopic (exact) mass is 534 g/mol. The number of carbonyl (C=O) groups is 2. The van der Waals surface area contributed by atoms with Gasteiger partial charge in [0.1, 0.15) is 11.9 Å². The minimum Gasteiger partial charge on any atom is -0.462 e. The number of aliphatic hydroxyl groups is 1. The van der Waals surface area contributed by atoms with Crippen LogP contribution in [0.3, 0.4) is 0 Å². The van der Waals surface area contributed by atoms with Gasteiger partial charge in [0, 0.05) is 19.3 Å². The number of hydrogen-bond acceptors (Lipinski definition) is 9. The molecule has 6 atom stereocenters. The van der Waals surface area contributed by atoms with Crippen molar-refractivity contribution in [2.45, 2.75) is 78.1 Å². The number of nitrogens with zero attached hydrogens (tertiary/aromatic N) is 2. The minimum atomic E-state index is -3.57. The third kappa shape index (κ3) is 7.42. The highest BCUT2D eigenvalue weighted by molar-refractivity contribution is 7.56. The Balaban J connectivity index is 2.13. The van der Waals surface area contributed by atoms with E-state index in [9.17, 15) is 24.1 Å². The van der Waals surface area contributed by atoms with Gasteiger partial charge in [0.05, 0.1) is 30.8 Å². The summed E-state index contributed by atoms with van der Waals surface area (Å²) in [5.41, 5.74) is -2.36. The Hall–Kier alpha value is -2.18. The van der Waals surface area contributed by atoms with Gasteiger partial charge in [-0.1, -0.05) is 13.8 Å². The van der Waals surface area contributed by atoms with Gasteiger partial charge < -0.3 is 24.4 Å². The van der Waals surface area contributed by atoms with E-state index in [0.717, 1.165) is 4.57 Å². The van der Waals surface area contributed by atoms with Crippen LogP contribution in [0.2, 0.25) is 0 Å². The van der Waals surface area contributed by atoms with Crippen molar-refractivity contribution in [1.82, 2.24) is 14.6 Å². The van der Waals surface area contributed by atoms with Crippen molar-refractivity contribution in [2.24, 2.45) is 5.41 Å². The summed E-state index contributed by atoms with van der Waals surface area (Å²) >= 11 is 0. The maximum atomic E-state index is 15.5. The summed E-state index contributed by atoms with van der Waals surface area (Å²) in [5.74, 6) is -0.897. The van der Waals surface area contributed by atoms with Crippen molar-refractivity contribution < 1.29 is 37.6 Å². The number of nitrogens with one attached hydrogen (secondary N) is 2. The van der Waals surface area contributed by atoms with Gasteiger partial charge in [0.2, 0.25) is 5.91 Å². The van der Waals surface area contributed by atoms with E-state index in [-0.39, 0.29) is 24.2 Å². The van der Waals surface area contributed by atoms with Crippen molar-refractivity contribution in [3.8, 4) is 0 Å². The molecule has 0 saturated carbocycles. The molecule has 0 bridgehead atoms. The van der Waals surface area contributed by atoms with Crippen LogP contribution in [0.4, 0.5) is 10.2 Å². The highest BCUT2D eigenvalue weighted by Gasteiger charge is 2.55. The third-order valence-electron chi connectivity index (χ3n) is 5.71. The molecule has 1 aromatic heterocycles. The number of aromatic nitrogens is 2. The second-order valence-corrected chi connectivity index (χ2v) is 11.6. The van der Waals surface area contributed by atoms with E-state index < -0.39 is 62.4 Å². The average Bonchev–Trinajstić information content (AvgIpc) is 3.02. The van der Waals surface area contributed by atoms with Crippen molar-refractivity contribution >= 4 is 25.2 Å². The summed E-state index contributed by atoms with van der Waals surface area (Å²) < 4.78 is 45.6. The van der Waals surface area contributed by atoms with E-state index >= 15 is 4.39 Å². The number of hydrogen-bond donors (Lipinski definition) is 3. The Morgan fingerprint density at radius 2 is 2.06 bits per heavy atom. The fraction of sp³-hybridized carbons (Fsp3) is 0.727. The van der Waals surface area contributed by atoms with E-state index in [1.54, 1.807) is 13.8 Å². The molecule has 0 aliphatic carbocycles. The van der Waals surface area contributed by atoms with Gasteiger partial charge in [-0.3, -0.25) is 18.7 Å². The molecule has 0 spiro atoms. The topological polar surface area (TPSA) is 158 Å². The highest BCUT2D eigenvalue weighted by Crippen LogP contribution is 2.47. The summed E-state index contributed by atoms with van der Waals surface area (Å²) in [6, 6.07) is 0.409. The first-order valence-electron chi connectivity index (χ1n) is 11.7. The summed E-state index contributed by atoms with van der Waals surface area (Å²) in [5, 5.41) is 15.0. The van der Waals surface area contributed by atoms with Crippen molar-refractivity contribution in [3.63, 3.8) is 0 Å². The summed E-state index contributed by atoms with van der Waals surface area (Å²) in [4.78, 5) is 40.1. The van der Waals surface area contributed by atoms with Crippen LogP contribution in [-0.4, -0.2) is 70.8 Å². The Morgan fingerprint density at radius 3 is 2.61 bits per heavy atom. The molecule has 1 fully saturated rings. The molecule has 2 rings (SSSR count). The lowest BCUT2D eigenvalue weighted by atomic mass is 9.82. The van der Waals surface area contributed by atoms with Crippen LogP contribution < -0.4 is 16.1 Å². The predicted molar refractivity (Wildman–Crippen MR) is 129 cm³/mol. The van der Waals surface area contributed by atoms with Gasteiger partial charge in [-0.05, 0) is 33.3 Å². The fourth-order valence-corrected chi connectivity index (χ4v) is 4.92. The molecule has 1 saturated heterocycles. The quantitative estimate of drug-likeness (QED) is 0.267. The Bertz CT molecular complexity index is 1040. The number of esters is 1. The molecule has 14 heteroatoms. The molecule has 1 aromatic rings. The van der Waals surface area contributed by atoms with Crippen LogP contribution in [0.1, 0.15) is 53.7 Å². The second-order valence-electron chi connectivity index (χ2n) is 9.36. The zero-order valence-corrected chi connectivity index (χ0v) is 22.3. The number of halogens is 1. The second kappa shape index (κ2) is 12.4. The number of ether oxygens (including phenoxy) is 2. The molecule has 3 N–H and O–H groups in total. The van der Waals surface area contributed by atoms with E-state index in [1.807, 2.05) is 6.92 Å². The largest absolute Gasteiger partial charge is 0.462 e.